The number of hydrogen-bond acceptors (Lipinski definition) is 3. The molecule has 0 aromatic heterocycles. The molecule has 2 amide bonds. The zero-order valence-corrected chi connectivity index (χ0v) is 11.5. The third-order valence-corrected chi connectivity index (χ3v) is 3.11. The molecule has 0 radical (unpaired) electrons. The van der Waals surface area contributed by atoms with E-state index in [1.54, 1.807) is 25.1 Å². The summed E-state index contributed by atoms with van der Waals surface area (Å²) < 4.78 is 5.05. The Morgan fingerprint density at radius 1 is 1.58 bits per heavy atom. The van der Waals surface area contributed by atoms with Crippen LogP contribution in [0, 0.1) is 0 Å². The van der Waals surface area contributed by atoms with Crippen LogP contribution in [0.15, 0.2) is 18.2 Å². The van der Waals surface area contributed by atoms with Crippen LogP contribution in [-0.2, 0) is 9.53 Å². The minimum Gasteiger partial charge on any atom is -0.444 e. The first kappa shape index (κ1) is 13.7. The van der Waals surface area contributed by atoms with Crippen LogP contribution in [0.3, 0.4) is 0 Å². The van der Waals surface area contributed by atoms with Crippen molar-refractivity contribution in [2.24, 2.45) is 0 Å². The number of nitrogens with zero attached hydrogens (tertiary/aromatic N) is 1. The van der Waals surface area contributed by atoms with Crippen molar-refractivity contribution >= 4 is 35.0 Å². The van der Waals surface area contributed by atoms with Gasteiger partial charge in [-0.15, -0.1) is 0 Å². The Morgan fingerprint density at radius 2 is 2.32 bits per heavy atom. The molecule has 1 aliphatic rings. The molecule has 0 saturated carbocycles. The highest BCUT2D eigenvalue weighted by molar-refractivity contribution is 6.34. The van der Waals surface area contributed by atoms with Crippen LogP contribution in [0.1, 0.15) is 20.3 Å². The van der Waals surface area contributed by atoms with Gasteiger partial charge in [0.25, 0.3) is 0 Å². The average Bonchev–Trinajstić information content (AvgIpc) is 2.68. The number of halogens is 1. The van der Waals surface area contributed by atoms with Gasteiger partial charge in [-0.1, -0.05) is 18.5 Å². The molecule has 1 aromatic carbocycles. The predicted octanol–water partition coefficient (Wildman–Crippen LogP) is 3.03. The minimum absolute atomic E-state index is 0.0852. The van der Waals surface area contributed by atoms with E-state index in [1.807, 2.05) is 6.92 Å². The fourth-order valence-electron chi connectivity index (χ4n) is 1.85. The molecule has 6 heteroatoms. The molecular weight excluding hydrogens is 268 g/mol. The molecule has 1 aliphatic heterocycles. The molecule has 1 aromatic rings. The Morgan fingerprint density at radius 3 is 2.84 bits per heavy atom. The molecule has 1 unspecified atom stereocenters. The van der Waals surface area contributed by atoms with Gasteiger partial charge in [-0.3, -0.25) is 9.69 Å². The van der Waals surface area contributed by atoms with Crippen molar-refractivity contribution in [1.29, 1.82) is 0 Å². The van der Waals surface area contributed by atoms with Crippen LogP contribution >= 0.6 is 11.6 Å². The molecule has 1 N–H and O–H groups in total. The highest BCUT2D eigenvalue weighted by Crippen LogP contribution is 2.31. The molecule has 2 rings (SSSR count). The number of carbonyl (C=O) groups is 2. The molecule has 0 bridgehead atoms. The fraction of sp³-hybridized carbons (Fsp3) is 0.385. The second kappa shape index (κ2) is 5.48. The van der Waals surface area contributed by atoms with E-state index in [2.05, 4.69) is 5.32 Å². The second-order valence-corrected chi connectivity index (χ2v) is 4.78. The number of ether oxygens (including phenoxy) is 1. The van der Waals surface area contributed by atoms with Crippen LogP contribution in [0.2, 0.25) is 5.02 Å². The zero-order valence-electron chi connectivity index (χ0n) is 10.8. The minimum atomic E-state index is -0.403. The van der Waals surface area contributed by atoms with Crippen LogP contribution in [0.4, 0.5) is 16.2 Å². The molecule has 1 heterocycles. The Balaban J connectivity index is 2.20. The van der Waals surface area contributed by atoms with E-state index in [1.165, 1.54) is 4.90 Å². The number of carbonyl (C=O) groups excluding carboxylic acids is 2. The maximum absolute atomic E-state index is 11.6. The van der Waals surface area contributed by atoms with Crippen LogP contribution < -0.4 is 10.2 Å². The lowest BCUT2D eigenvalue weighted by molar-refractivity contribution is -0.115. The van der Waals surface area contributed by atoms with Crippen molar-refractivity contribution in [2.45, 2.75) is 26.4 Å². The summed E-state index contributed by atoms with van der Waals surface area (Å²) in [6.07, 6.45) is -0.155. The summed E-state index contributed by atoms with van der Waals surface area (Å²) in [7, 11) is 0. The van der Waals surface area contributed by atoms with Crippen molar-refractivity contribution in [1.82, 2.24) is 0 Å². The quantitative estimate of drug-likeness (QED) is 0.927. The third-order valence-electron chi connectivity index (χ3n) is 2.81. The Hall–Kier alpha value is -1.75. The van der Waals surface area contributed by atoms with Gasteiger partial charge in [-0.05, 0) is 25.1 Å². The van der Waals surface area contributed by atoms with E-state index in [-0.39, 0.29) is 12.0 Å². The molecule has 1 saturated heterocycles. The highest BCUT2D eigenvalue weighted by atomic mass is 35.5. The second-order valence-electron chi connectivity index (χ2n) is 4.37. The first-order chi connectivity index (χ1) is 9.01. The van der Waals surface area contributed by atoms with E-state index in [9.17, 15) is 9.59 Å². The number of hydrogen-bond donors (Lipinski definition) is 1. The normalized spacial score (nSPS) is 18.4. The summed E-state index contributed by atoms with van der Waals surface area (Å²) in [6.45, 7) is 4.06. The van der Waals surface area contributed by atoms with Crippen LogP contribution in [-0.4, -0.2) is 24.6 Å². The molecule has 5 nitrogen and oxygen atoms in total. The van der Waals surface area contributed by atoms with Crippen molar-refractivity contribution in [3.05, 3.63) is 23.2 Å². The van der Waals surface area contributed by atoms with E-state index in [0.29, 0.717) is 29.4 Å². The standard InChI is InChI=1S/C13H15ClN2O3/c1-3-12(17)15-9-4-5-11(10(14)6-9)16-7-8(2)19-13(16)18/h4-6,8H,3,7H2,1-2H3,(H,15,17). The van der Waals surface area contributed by atoms with Gasteiger partial charge in [0.05, 0.1) is 17.3 Å². The Labute approximate surface area is 116 Å². The van der Waals surface area contributed by atoms with Gasteiger partial charge in [-0.25, -0.2) is 4.79 Å². The topological polar surface area (TPSA) is 58.6 Å². The molecule has 1 fully saturated rings. The van der Waals surface area contributed by atoms with Gasteiger partial charge in [0.2, 0.25) is 5.91 Å². The van der Waals surface area contributed by atoms with Gasteiger partial charge in [0.1, 0.15) is 6.10 Å². The summed E-state index contributed by atoms with van der Waals surface area (Å²) in [5, 5.41) is 3.11. The first-order valence-corrected chi connectivity index (χ1v) is 6.46. The summed E-state index contributed by atoms with van der Waals surface area (Å²) in [6, 6.07) is 5.04. The Bertz CT molecular complexity index is 519. The number of cyclic esters (lactones) is 1. The lowest BCUT2D eigenvalue weighted by Gasteiger charge is -2.15. The predicted molar refractivity (Wildman–Crippen MR) is 73.7 cm³/mol. The number of benzene rings is 1. The average molecular weight is 283 g/mol. The monoisotopic (exact) mass is 282 g/mol. The van der Waals surface area contributed by atoms with Crippen LogP contribution in [0.5, 0.6) is 0 Å². The van der Waals surface area contributed by atoms with Gasteiger partial charge in [0.15, 0.2) is 0 Å². The maximum atomic E-state index is 11.6. The lowest BCUT2D eigenvalue weighted by Crippen LogP contribution is -2.24. The highest BCUT2D eigenvalue weighted by Gasteiger charge is 2.30. The van der Waals surface area contributed by atoms with E-state index in [0.717, 1.165) is 0 Å². The first-order valence-electron chi connectivity index (χ1n) is 6.08. The summed E-state index contributed by atoms with van der Waals surface area (Å²) in [5.74, 6) is -0.0852. The van der Waals surface area contributed by atoms with Crippen LogP contribution in [0.25, 0.3) is 0 Å². The largest absolute Gasteiger partial charge is 0.444 e. The maximum Gasteiger partial charge on any atom is 0.414 e. The molecule has 0 spiro atoms. The SMILES string of the molecule is CCC(=O)Nc1ccc(N2CC(C)OC2=O)c(Cl)c1. The van der Waals surface area contributed by atoms with Gasteiger partial charge in [0, 0.05) is 12.1 Å². The third kappa shape index (κ3) is 2.98. The molecule has 0 aliphatic carbocycles. The molecular formula is C13H15ClN2O3. The fourth-order valence-corrected chi connectivity index (χ4v) is 2.14. The summed E-state index contributed by atoms with van der Waals surface area (Å²) in [4.78, 5) is 24.4. The summed E-state index contributed by atoms with van der Waals surface area (Å²) >= 11 is 6.15. The number of rotatable bonds is 3. The number of nitrogens with one attached hydrogen (secondary N) is 1. The van der Waals surface area contributed by atoms with Gasteiger partial charge in [-0.2, -0.15) is 0 Å². The molecule has 102 valence electrons. The molecule has 1 atom stereocenters. The van der Waals surface area contributed by atoms with Gasteiger partial charge < -0.3 is 10.1 Å². The van der Waals surface area contributed by atoms with Crippen molar-refractivity contribution in [2.75, 3.05) is 16.8 Å². The molecule has 19 heavy (non-hydrogen) atoms. The van der Waals surface area contributed by atoms with Crippen molar-refractivity contribution < 1.29 is 14.3 Å². The van der Waals surface area contributed by atoms with Crippen molar-refractivity contribution in [3.8, 4) is 0 Å². The number of anilines is 2. The lowest BCUT2D eigenvalue weighted by atomic mass is 10.2. The van der Waals surface area contributed by atoms with E-state index < -0.39 is 6.09 Å². The number of amides is 2. The smallest absolute Gasteiger partial charge is 0.414 e. The van der Waals surface area contributed by atoms with Crippen molar-refractivity contribution in [3.63, 3.8) is 0 Å². The summed E-state index contributed by atoms with van der Waals surface area (Å²) in [5.41, 5.74) is 1.20. The zero-order chi connectivity index (χ0) is 14.0. The Kier molecular flexibility index (Phi) is 3.95. The van der Waals surface area contributed by atoms with E-state index in [4.69, 9.17) is 16.3 Å². The van der Waals surface area contributed by atoms with E-state index >= 15 is 0 Å². The van der Waals surface area contributed by atoms with Gasteiger partial charge >= 0.3 is 6.09 Å².